The lowest BCUT2D eigenvalue weighted by molar-refractivity contribution is 0.268. The van der Waals surface area contributed by atoms with Crippen LogP contribution < -0.4 is 15.2 Å². The van der Waals surface area contributed by atoms with Gasteiger partial charge in [0.05, 0.1) is 6.61 Å². The van der Waals surface area contributed by atoms with Crippen LogP contribution in [-0.2, 0) is 13.2 Å². The number of rotatable bonds is 7. The van der Waals surface area contributed by atoms with E-state index in [1.165, 1.54) is 5.56 Å². The zero-order chi connectivity index (χ0) is 17.6. The second-order valence-electron chi connectivity index (χ2n) is 6.82. The van der Waals surface area contributed by atoms with Crippen LogP contribution in [0.25, 0.3) is 0 Å². The third kappa shape index (κ3) is 4.74. The van der Waals surface area contributed by atoms with Crippen molar-refractivity contribution in [2.24, 2.45) is 11.7 Å². The molecule has 134 valence electrons. The SMILES string of the molecule is CCOc1cc(CN2CC(C)C(N)C2)ccc1OCc1ccccc1. The standard InChI is InChI=1S/C21H28N2O2/c1-3-24-21-11-18(13-23-12-16(2)19(22)14-23)9-10-20(21)25-15-17-7-5-4-6-8-17/h4-11,16,19H,3,12-15,22H2,1-2H3. The minimum Gasteiger partial charge on any atom is -0.490 e. The molecule has 1 aliphatic heterocycles. The van der Waals surface area contributed by atoms with Crippen LogP contribution in [0.3, 0.4) is 0 Å². The van der Waals surface area contributed by atoms with E-state index >= 15 is 0 Å². The Morgan fingerprint density at radius 2 is 1.80 bits per heavy atom. The van der Waals surface area contributed by atoms with Crippen molar-refractivity contribution in [3.8, 4) is 11.5 Å². The first-order chi connectivity index (χ1) is 12.2. The third-order valence-electron chi connectivity index (χ3n) is 4.70. The lowest BCUT2D eigenvalue weighted by atomic mass is 10.1. The van der Waals surface area contributed by atoms with E-state index in [0.717, 1.165) is 36.7 Å². The predicted molar refractivity (Wildman–Crippen MR) is 101 cm³/mol. The van der Waals surface area contributed by atoms with Crippen LogP contribution in [0, 0.1) is 5.92 Å². The predicted octanol–water partition coefficient (Wildman–Crippen LogP) is 3.44. The molecule has 2 unspecified atom stereocenters. The van der Waals surface area contributed by atoms with Gasteiger partial charge < -0.3 is 15.2 Å². The van der Waals surface area contributed by atoms with Crippen LogP contribution in [0.5, 0.6) is 11.5 Å². The highest BCUT2D eigenvalue weighted by atomic mass is 16.5. The summed E-state index contributed by atoms with van der Waals surface area (Å²) in [7, 11) is 0. The Balaban J connectivity index is 1.67. The Bertz CT molecular complexity index is 665. The van der Waals surface area contributed by atoms with Crippen molar-refractivity contribution < 1.29 is 9.47 Å². The number of nitrogens with zero attached hydrogens (tertiary/aromatic N) is 1. The lowest BCUT2D eigenvalue weighted by Crippen LogP contribution is -2.28. The summed E-state index contributed by atoms with van der Waals surface area (Å²) in [5.74, 6) is 2.16. The fourth-order valence-electron chi connectivity index (χ4n) is 3.26. The van der Waals surface area contributed by atoms with E-state index in [1.54, 1.807) is 0 Å². The Kier molecular flexibility index (Phi) is 5.95. The molecule has 0 aliphatic carbocycles. The fourth-order valence-corrected chi connectivity index (χ4v) is 3.26. The van der Waals surface area contributed by atoms with Crippen LogP contribution >= 0.6 is 0 Å². The fraction of sp³-hybridized carbons (Fsp3) is 0.429. The molecular formula is C21H28N2O2. The highest BCUT2D eigenvalue weighted by Gasteiger charge is 2.26. The second kappa shape index (κ2) is 8.37. The van der Waals surface area contributed by atoms with Gasteiger partial charge >= 0.3 is 0 Å². The van der Waals surface area contributed by atoms with Crippen LogP contribution in [0.1, 0.15) is 25.0 Å². The van der Waals surface area contributed by atoms with Gasteiger partial charge in [-0.25, -0.2) is 0 Å². The van der Waals surface area contributed by atoms with Gasteiger partial charge in [-0.05, 0) is 36.1 Å². The Labute approximate surface area is 150 Å². The van der Waals surface area contributed by atoms with Crippen molar-refractivity contribution >= 4 is 0 Å². The molecule has 0 saturated carbocycles. The molecule has 0 amide bonds. The summed E-state index contributed by atoms with van der Waals surface area (Å²) in [5.41, 5.74) is 8.51. The Hall–Kier alpha value is -2.04. The largest absolute Gasteiger partial charge is 0.490 e. The highest BCUT2D eigenvalue weighted by molar-refractivity contribution is 5.43. The second-order valence-corrected chi connectivity index (χ2v) is 6.82. The number of ether oxygens (including phenoxy) is 2. The molecule has 1 aliphatic rings. The number of hydrogen-bond donors (Lipinski definition) is 1. The van der Waals surface area contributed by atoms with Crippen molar-refractivity contribution in [3.63, 3.8) is 0 Å². The molecule has 2 atom stereocenters. The van der Waals surface area contributed by atoms with Crippen LogP contribution in [0.15, 0.2) is 48.5 Å². The van der Waals surface area contributed by atoms with Crippen LogP contribution in [0.2, 0.25) is 0 Å². The molecule has 4 heteroatoms. The average Bonchev–Trinajstić information content (AvgIpc) is 2.93. The van der Waals surface area contributed by atoms with E-state index in [2.05, 4.69) is 36.1 Å². The van der Waals surface area contributed by atoms with Crippen molar-refractivity contribution in [2.45, 2.75) is 33.0 Å². The quantitative estimate of drug-likeness (QED) is 0.839. The van der Waals surface area contributed by atoms with E-state index in [4.69, 9.17) is 15.2 Å². The van der Waals surface area contributed by atoms with Crippen molar-refractivity contribution in [1.29, 1.82) is 0 Å². The number of benzene rings is 2. The van der Waals surface area contributed by atoms with E-state index < -0.39 is 0 Å². The summed E-state index contributed by atoms with van der Waals surface area (Å²) in [6.45, 7) is 8.28. The van der Waals surface area contributed by atoms with Gasteiger partial charge in [0.15, 0.2) is 11.5 Å². The minimum absolute atomic E-state index is 0.278. The molecule has 0 aromatic heterocycles. The zero-order valence-electron chi connectivity index (χ0n) is 15.2. The Morgan fingerprint density at radius 1 is 1.00 bits per heavy atom. The molecule has 0 bridgehead atoms. The number of likely N-dealkylation sites (tertiary alicyclic amines) is 1. The number of hydrogen-bond acceptors (Lipinski definition) is 4. The van der Waals surface area contributed by atoms with E-state index in [1.807, 2.05) is 31.2 Å². The molecule has 2 aromatic rings. The topological polar surface area (TPSA) is 47.7 Å². The maximum absolute atomic E-state index is 6.13. The lowest BCUT2D eigenvalue weighted by Gasteiger charge is -2.18. The van der Waals surface area contributed by atoms with Crippen molar-refractivity contribution in [2.75, 3.05) is 19.7 Å². The van der Waals surface area contributed by atoms with Gasteiger partial charge in [0.25, 0.3) is 0 Å². The summed E-state index contributed by atoms with van der Waals surface area (Å²) in [4.78, 5) is 2.41. The minimum atomic E-state index is 0.278. The zero-order valence-corrected chi connectivity index (χ0v) is 15.2. The van der Waals surface area contributed by atoms with Gasteiger partial charge in [-0.3, -0.25) is 4.90 Å². The first-order valence-electron chi connectivity index (χ1n) is 9.06. The molecule has 0 spiro atoms. The summed E-state index contributed by atoms with van der Waals surface area (Å²) < 4.78 is 11.8. The Morgan fingerprint density at radius 3 is 2.48 bits per heavy atom. The molecule has 1 saturated heterocycles. The van der Waals surface area contributed by atoms with Crippen molar-refractivity contribution in [1.82, 2.24) is 4.90 Å². The molecule has 3 rings (SSSR count). The summed E-state index contributed by atoms with van der Waals surface area (Å²) in [5, 5.41) is 0. The molecule has 1 heterocycles. The van der Waals surface area contributed by atoms with Gasteiger partial charge in [0, 0.05) is 25.7 Å². The molecule has 25 heavy (non-hydrogen) atoms. The van der Waals surface area contributed by atoms with E-state index in [0.29, 0.717) is 19.1 Å². The molecular weight excluding hydrogens is 312 g/mol. The van der Waals surface area contributed by atoms with Crippen LogP contribution in [-0.4, -0.2) is 30.6 Å². The maximum Gasteiger partial charge on any atom is 0.161 e. The first kappa shape index (κ1) is 17.8. The summed E-state index contributed by atoms with van der Waals surface area (Å²) in [6, 6.07) is 16.7. The molecule has 2 N–H and O–H groups in total. The third-order valence-corrected chi connectivity index (χ3v) is 4.70. The summed E-state index contributed by atoms with van der Waals surface area (Å²) in [6.07, 6.45) is 0. The molecule has 0 radical (unpaired) electrons. The monoisotopic (exact) mass is 340 g/mol. The van der Waals surface area contributed by atoms with Gasteiger partial charge in [-0.1, -0.05) is 43.3 Å². The van der Waals surface area contributed by atoms with Crippen molar-refractivity contribution in [3.05, 3.63) is 59.7 Å². The highest BCUT2D eigenvalue weighted by Crippen LogP contribution is 2.30. The molecule has 4 nitrogen and oxygen atoms in total. The number of nitrogens with two attached hydrogens (primary N) is 1. The maximum atomic E-state index is 6.13. The summed E-state index contributed by atoms with van der Waals surface area (Å²) >= 11 is 0. The molecule has 1 fully saturated rings. The average molecular weight is 340 g/mol. The smallest absolute Gasteiger partial charge is 0.161 e. The van der Waals surface area contributed by atoms with Gasteiger partial charge in [0.1, 0.15) is 6.61 Å². The van der Waals surface area contributed by atoms with Crippen LogP contribution in [0.4, 0.5) is 0 Å². The van der Waals surface area contributed by atoms with Gasteiger partial charge in [-0.15, -0.1) is 0 Å². The van der Waals surface area contributed by atoms with E-state index in [-0.39, 0.29) is 6.04 Å². The van der Waals surface area contributed by atoms with Gasteiger partial charge in [-0.2, -0.15) is 0 Å². The first-order valence-corrected chi connectivity index (χ1v) is 9.06. The van der Waals surface area contributed by atoms with E-state index in [9.17, 15) is 0 Å². The normalized spacial score (nSPS) is 20.6. The van der Waals surface area contributed by atoms with Gasteiger partial charge in [0.2, 0.25) is 0 Å². The molecule has 2 aromatic carbocycles.